The van der Waals surface area contributed by atoms with E-state index in [4.69, 9.17) is 4.74 Å². The molecule has 0 amide bonds. The number of hydrogen-bond donors (Lipinski definition) is 1. The minimum Gasteiger partial charge on any atom is -0.492 e. The van der Waals surface area contributed by atoms with Crippen molar-refractivity contribution in [1.29, 1.82) is 0 Å². The maximum absolute atomic E-state index is 5.65. The normalized spacial score (nSPS) is 12.4. The Labute approximate surface area is 86.3 Å². The molecular formula is C12H19NO. The third-order valence-corrected chi connectivity index (χ3v) is 2.18. The minimum atomic E-state index is 0.459. The lowest BCUT2D eigenvalue weighted by Gasteiger charge is -2.16. The Morgan fingerprint density at radius 3 is 2.50 bits per heavy atom. The zero-order chi connectivity index (χ0) is 10.2. The predicted molar refractivity (Wildman–Crippen MR) is 59.7 cm³/mol. The van der Waals surface area contributed by atoms with Gasteiger partial charge in [0.15, 0.2) is 0 Å². The van der Waals surface area contributed by atoms with Crippen molar-refractivity contribution in [3.05, 3.63) is 30.3 Å². The largest absolute Gasteiger partial charge is 0.492 e. The molecule has 1 aromatic rings. The highest BCUT2D eigenvalue weighted by Crippen LogP contribution is 2.08. The van der Waals surface area contributed by atoms with Gasteiger partial charge in [-0.25, -0.2) is 0 Å². The number of nitrogens with one attached hydrogen (secondary N) is 1. The molecule has 2 heteroatoms. The van der Waals surface area contributed by atoms with E-state index in [1.165, 1.54) is 0 Å². The molecule has 0 saturated carbocycles. The second-order valence-electron chi connectivity index (χ2n) is 3.29. The summed E-state index contributed by atoms with van der Waals surface area (Å²) in [6.45, 7) is 6.03. The van der Waals surface area contributed by atoms with Crippen molar-refractivity contribution >= 4 is 0 Å². The minimum absolute atomic E-state index is 0.459. The fourth-order valence-corrected chi connectivity index (χ4v) is 1.32. The highest BCUT2D eigenvalue weighted by molar-refractivity contribution is 5.20. The Hall–Kier alpha value is -1.02. The highest BCUT2D eigenvalue weighted by atomic mass is 16.5. The van der Waals surface area contributed by atoms with Crippen molar-refractivity contribution in [2.45, 2.75) is 26.3 Å². The fraction of sp³-hybridized carbons (Fsp3) is 0.500. The van der Waals surface area contributed by atoms with Crippen molar-refractivity contribution in [2.24, 2.45) is 0 Å². The number of likely N-dealkylation sites (N-methyl/N-ethyl adjacent to an activating group) is 1. The van der Waals surface area contributed by atoms with Crippen LogP contribution in [0.15, 0.2) is 30.3 Å². The highest BCUT2D eigenvalue weighted by Gasteiger charge is 2.04. The summed E-state index contributed by atoms with van der Waals surface area (Å²) in [5.74, 6) is 0.948. The van der Waals surface area contributed by atoms with Crippen LogP contribution < -0.4 is 10.1 Å². The lowest BCUT2D eigenvalue weighted by Crippen LogP contribution is -2.33. The number of para-hydroxylation sites is 1. The van der Waals surface area contributed by atoms with Gasteiger partial charge in [0, 0.05) is 6.04 Å². The van der Waals surface area contributed by atoms with Crippen molar-refractivity contribution in [2.75, 3.05) is 13.2 Å². The molecule has 78 valence electrons. The smallest absolute Gasteiger partial charge is 0.119 e. The number of ether oxygens (including phenoxy) is 1. The molecule has 0 fully saturated rings. The maximum atomic E-state index is 5.65. The van der Waals surface area contributed by atoms with E-state index >= 15 is 0 Å². The molecule has 0 aliphatic heterocycles. The van der Waals surface area contributed by atoms with Crippen molar-refractivity contribution < 1.29 is 4.74 Å². The first-order valence-electron chi connectivity index (χ1n) is 5.28. The molecule has 0 aliphatic carbocycles. The summed E-state index contributed by atoms with van der Waals surface area (Å²) in [5.41, 5.74) is 0. The van der Waals surface area contributed by atoms with Crippen LogP contribution in [0.25, 0.3) is 0 Å². The van der Waals surface area contributed by atoms with Gasteiger partial charge in [0.2, 0.25) is 0 Å². The van der Waals surface area contributed by atoms with E-state index in [0.29, 0.717) is 6.04 Å². The van der Waals surface area contributed by atoms with Gasteiger partial charge in [-0.1, -0.05) is 32.0 Å². The average Bonchev–Trinajstić information content (AvgIpc) is 2.25. The lowest BCUT2D eigenvalue weighted by molar-refractivity contribution is 0.262. The molecule has 0 radical (unpaired) electrons. The third kappa shape index (κ3) is 3.79. The van der Waals surface area contributed by atoms with Crippen LogP contribution in [0, 0.1) is 0 Å². The SMILES string of the molecule is CCNC(CC)COc1ccccc1. The van der Waals surface area contributed by atoms with E-state index < -0.39 is 0 Å². The summed E-state index contributed by atoms with van der Waals surface area (Å²) in [7, 11) is 0. The molecule has 1 unspecified atom stereocenters. The molecule has 0 spiro atoms. The Balaban J connectivity index is 2.32. The summed E-state index contributed by atoms with van der Waals surface area (Å²) < 4.78 is 5.65. The first-order valence-corrected chi connectivity index (χ1v) is 5.28. The van der Waals surface area contributed by atoms with E-state index in [1.807, 2.05) is 30.3 Å². The molecule has 2 nitrogen and oxygen atoms in total. The van der Waals surface area contributed by atoms with Gasteiger partial charge in [0.1, 0.15) is 12.4 Å². The van der Waals surface area contributed by atoms with Gasteiger partial charge in [-0.2, -0.15) is 0 Å². The molecule has 0 aromatic heterocycles. The van der Waals surface area contributed by atoms with Crippen LogP contribution in [0.1, 0.15) is 20.3 Å². The van der Waals surface area contributed by atoms with Crippen LogP contribution in [0.2, 0.25) is 0 Å². The first kappa shape index (κ1) is 11.1. The second kappa shape index (κ2) is 6.44. The van der Waals surface area contributed by atoms with Gasteiger partial charge in [-0.3, -0.25) is 0 Å². The second-order valence-corrected chi connectivity index (χ2v) is 3.29. The number of hydrogen-bond acceptors (Lipinski definition) is 2. The summed E-state index contributed by atoms with van der Waals surface area (Å²) in [5, 5.41) is 3.38. The summed E-state index contributed by atoms with van der Waals surface area (Å²) >= 11 is 0. The van der Waals surface area contributed by atoms with Gasteiger partial charge in [-0.15, -0.1) is 0 Å². The fourth-order valence-electron chi connectivity index (χ4n) is 1.32. The zero-order valence-electron chi connectivity index (χ0n) is 8.99. The molecule has 1 N–H and O–H groups in total. The monoisotopic (exact) mass is 193 g/mol. The van der Waals surface area contributed by atoms with E-state index in [2.05, 4.69) is 19.2 Å². The molecule has 1 rings (SSSR count). The van der Waals surface area contributed by atoms with Crippen LogP contribution in [0.5, 0.6) is 5.75 Å². The van der Waals surface area contributed by atoms with Gasteiger partial charge in [-0.05, 0) is 25.1 Å². The lowest BCUT2D eigenvalue weighted by atomic mass is 10.2. The summed E-state index contributed by atoms with van der Waals surface area (Å²) in [6.07, 6.45) is 1.10. The molecule has 0 bridgehead atoms. The standard InChI is InChI=1S/C12H19NO/c1-3-11(13-4-2)10-14-12-8-6-5-7-9-12/h5-9,11,13H,3-4,10H2,1-2H3. The Bertz CT molecular complexity index is 235. The van der Waals surface area contributed by atoms with Crippen LogP contribution in [0.4, 0.5) is 0 Å². The molecule has 0 aliphatic rings. The molecule has 1 atom stereocenters. The number of rotatable bonds is 6. The van der Waals surface area contributed by atoms with E-state index in [1.54, 1.807) is 0 Å². The van der Waals surface area contributed by atoms with Gasteiger partial charge in [0.25, 0.3) is 0 Å². The van der Waals surface area contributed by atoms with Crippen LogP contribution >= 0.6 is 0 Å². The summed E-state index contributed by atoms with van der Waals surface area (Å²) in [4.78, 5) is 0. The Morgan fingerprint density at radius 2 is 1.93 bits per heavy atom. The van der Waals surface area contributed by atoms with Crippen LogP contribution in [-0.4, -0.2) is 19.2 Å². The van der Waals surface area contributed by atoms with Crippen molar-refractivity contribution in [3.8, 4) is 5.75 Å². The molecule has 0 heterocycles. The van der Waals surface area contributed by atoms with Gasteiger partial charge >= 0.3 is 0 Å². The summed E-state index contributed by atoms with van der Waals surface area (Å²) in [6, 6.07) is 10.4. The van der Waals surface area contributed by atoms with Gasteiger partial charge < -0.3 is 10.1 Å². The molecule has 0 saturated heterocycles. The Morgan fingerprint density at radius 1 is 1.21 bits per heavy atom. The van der Waals surface area contributed by atoms with E-state index in [-0.39, 0.29) is 0 Å². The van der Waals surface area contributed by atoms with Crippen LogP contribution in [0.3, 0.4) is 0 Å². The average molecular weight is 193 g/mol. The Kier molecular flexibility index (Phi) is 5.08. The molecule has 14 heavy (non-hydrogen) atoms. The van der Waals surface area contributed by atoms with Crippen LogP contribution in [-0.2, 0) is 0 Å². The van der Waals surface area contributed by atoms with Crippen molar-refractivity contribution in [1.82, 2.24) is 5.32 Å². The molecular weight excluding hydrogens is 174 g/mol. The van der Waals surface area contributed by atoms with Crippen molar-refractivity contribution in [3.63, 3.8) is 0 Å². The predicted octanol–water partition coefficient (Wildman–Crippen LogP) is 2.45. The van der Waals surface area contributed by atoms with Gasteiger partial charge in [0.05, 0.1) is 0 Å². The zero-order valence-corrected chi connectivity index (χ0v) is 8.99. The van der Waals surface area contributed by atoms with E-state index in [9.17, 15) is 0 Å². The molecule has 1 aromatic carbocycles. The third-order valence-electron chi connectivity index (χ3n) is 2.18. The first-order chi connectivity index (χ1) is 6.86. The topological polar surface area (TPSA) is 21.3 Å². The van der Waals surface area contributed by atoms with E-state index in [0.717, 1.165) is 25.3 Å². The quantitative estimate of drug-likeness (QED) is 0.749. The maximum Gasteiger partial charge on any atom is 0.119 e. The number of benzene rings is 1.